The zero-order valence-electron chi connectivity index (χ0n) is 13.4. The molecule has 0 aliphatic heterocycles. The summed E-state index contributed by atoms with van der Waals surface area (Å²) in [6, 6.07) is 16.0. The summed E-state index contributed by atoms with van der Waals surface area (Å²) in [5.74, 6) is 0.0960. The molecule has 1 amide bonds. The van der Waals surface area contributed by atoms with Crippen LogP contribution in [0.15, 0.2) is 54.6 Å². The van der Waals surface area contributed by atoms with Gasteiger partial charge in [-0.15, -0.1) is 0 Å². The molecule has 0 aliphatic rings. The number of rotatable bonds is 8. The van der Waals surface area contributed by atoms with Crippen molar-refractivity contribution >= 4 is 17.5 Å². The lowest BCUT2D eigenvalue weighted by molar-refractivity contribution is -0.124. The first-order valence-electron chi connectivity index (χ1n) is 7.58. The van der Waals surface area contributed by atoms with E-state index in [0.717, 1.165) is 5.56 Å². The number of halogens is 1. The maximum Gasteiger partial charge on any atom is 0.242 e. The van der Waals surface area contributed by atoms with Crippen molar-refractivity contribution in [3.05, 3.63) is 65.2 Å². The van der Waals surface area contributed by atoms with Gasteiger partial charge >= 0.3 is 0 Å². The fraction of sp³-hybridized carbons (Fsp3) is 0.278. The van der Waals surface area contributed by atoms with Crippen LogP contribution in [0.3, 0.4) is 0 Å². The molecule has 0 bridgehead atoms. The summed E-state index contributed by atoms with van der Waals surface area (Å²) in [7, 11) is 0. The Morgan fingerprint density at radius 2 is 1.88 bits per heavy atom. The van der Waals surface area contributed by atoms with Crippen molar-refractivity contribution in [1.82, 2.24) is 5.32 Å². The maximum atomic E-state index is 11.9. The van der Waals surface area contributed by atoms with E-state index >= 15 is 0 Å². The van der Waals surface area contributed by atoms with Gasteiger partial charge in [0.05, 0.1) is 0 Å². The largest absolute Gasteiger partial charge is 0.491 e. The summed E-state index contributed by atoms with van der Waals surface area (Å²) < 4.78 is 5.49. The first-order chi connectivity index (χ1) is 11.4. The third-order valence-corrected chi connectivity index (χ3v) is 4.04. The van der Waals surface area contributed by atoms with Crippen LogP contribution in [-0.2, 0) is 10.3 Å². The van der Waals surface area contributed by atoms with Gasteiger partial charge < -0.3 is 15.6 Å². The number of benzene rings is 2. The molecule has 2 atom stereocenters. The third-order valence-electron chi connectivity index (χ3n) is 3.79. The number of nitrogens with two attached hydrogens (primary N) is 1. The van der Waals surface area contributed by atoms with Crippen LogP contribution < -0.4 is 15.8 Å². The first-order valence-corrected chi connectivity index (χ1v) is 7.96. The first kappa shape index (κ1) is 18.3. The molecule has 0 heterocycles. The van der Waals surface area contributed by atoms with Gasteiger partial charge in [0.15, 0.2) is 0 Å². The van der Waals surface area contributed by atoms with Crippen LogP contribution in [0.2, 0.25) is 5.02 Å². The summed E-state index contributed by atoms with van der Waals surface area (Å²) >= 11 is 5.80. The Hall–Kier alpha value is -2.08. The predicted molar refractivity (Wildman–Crippen MR) is 93.9 cm³/mol. The van der Waals surface area contributed by atoms with Crippen molar-refractivity contribution in [3.8, 4) is 5.75 Å². The molecule has 0 radical (unpaired) electrons. The molecule has 24 heavy (non-hydrogen) atoms. The predicted octanol–water partition coefficient (Wildman–Crippen LogP) is 2.07. The van der Waals surface area contributed by atoms with Crippen molar-refractivity contribution in [3.63, 3.8) is 0 Å². The Labute approximate surface area is 146 Å². The van der Waals surface area contributed by atoms with E-state index in [-0.39, 0.29) is 13.2 Å². The molecule has 0 saturated carbocycles. The number of aliphatic hydroxyl groups excluding tert-OH is 1. The molecule has 128 valence electrons. The highest BCUT2D eigenvalue weighted by molar-refractivity contribution is 6.30. The summed E-state index contributed by atoms with van der Waals surface area (Å²) in [6.07, 6.45) is -0.803. The van der Waals surface area contributed by atoms with E-state index in [1.54, 1.807) is 31.2 Å². The molecule has 0 spiro atoms. The molecule has 0 aromatic heterocycles. The lowest BCUT2D eigenvalue weighted by atomic mass is 9.91. The number of aliphatic hydroxyl groups is 1. The van der Waals surface area contributed by atoms with Crippen molar-refractivity contribution in [2.45, 2.75) is 18.6 Å². The van der Waals surface area contributed by atoms with Crippen molar-refractivity contribution in [2.75, 3.05) is 13.2 Å². The highest BCUT2D eigenvalue weighted by atomic mass is 35.5. The molecule has 2 aromatic rings. The normalized spacial score (nSPS) is 14.6. The van der Waals surface area contributed by atoms with Gasteiger partial charge in [-0.2, -0.15) is 0 Å². The van der Waals surface area contributed by atoms with Crippen molar-refractivity contribution in [2.24, 2.45) is 5.73 Å². The highest BCUT2D eigenvalue weighted by Gasteiger charge is 2.33. The maximum absolute atomic E-state index is 11.9. The van der Waals surface area contributed by atoms with Crippen LogP contribution in [0.5, 0.6) is 5.75 Å². The van der Waals surface area contributed by atoms with E-state index in [4.69, 9.17) is 22.1 Å². The zero-order valence-corrected chi connectivity index (χ0v) is 14.2. The number of hydrogen-bond acceptors (Lipinski definition) is 4. The topological polar surface area (TPSA) is 84.6 Å². The Kier molecular flexibility index (Phi) is 6.20. The van der Waals surface area contributed by atoms with Crippen molar-refractivity contribution < 1.29 is 14.6 Å². The van der Waals surface area contributed by atoms with E-state index in [2.05, 4.69) is 5.32 Å². The van der Waals surface area contributed by atoms with Gasteiger partial charge in [0.25, 0.3) is 0 Å². The number of ether oxygens (including phenoxy) is 1. The fourth-order valence-electron chi connectivity index (χ4n) is 2.21. The Morgan fingerprint density at radius 1 is 1.25 bits per heavy atom. The second kappa shape index (κ2) is 8.15. The van der Waals surface area contributed by atoms with Crippen LogP contribution in [0, 0.1) is 0 Å². The van der Waals surface area contributed by atoms with Gasteiger partial charge in [0.1, 0.15) is 24.0 Å². The van der Waals surface area contributed by atoms with Crippen LogP contribution in [0.1, 0.15) is 12.5 Å². The van der Waals surface area contributed by atoms with Crippen LogP contribution >= 0.6 is 11.6 Å². The zero-order chi connectivity index (χ0) is 17.6. The number of carbonyl (C=O) groups is 1. The van der Waals surface area contributed by atoms with Gasteiger partial charge in [-0.3, -0.25) is 10.1 Å². The molecule has 0 saturated heterocycles. The fourth-order valence-corrected chi connectivity index (χ4v) is 2.33. The quantitative estimate of drug-likeness (QED) is 0.681. The van der Waals surface area contributed by atoms with Crippen molar-refractivity contribution in [1.29, 1.82) is 0 Å². The number of primary amides is 1. The van der Waals surface area contributed by atoms with Gasteiger partial charge in [-0.1, -0.05) is 41.9 Å². The number of amides is 1. The average molecular weight is 349 g/mol. The molecule has 5 nitrogen and oxygen atoms in total. The molecular weight excluding hydrogens is 328 g/mol. The lowest BCUT2D eigenvalue weighted by Gasteiger charge is -2.29. The van der Waals surface area contributed by atoms with Gasteiger partial charge in [0, 0.05) is 11.6 Å². The number of nitrogens with one attached hydrogen (secondary N) is 1. The van der Waals surface area contributed by atoms with Crippen LogP contribution in [0.25, 0.3) is 0 Å². The van der Waals surface area contributed by atoms with Gasteiger partial charge in [0.2, 0.25) is 5.91 Å². The third kappa shape index (κ3) is 4.71. The number of carbonyl (C=O) groups excluding carboxylic acids is 1. The molecule has 6 heteroatoms. The minimum atomic E-state index is -1.07. The summed E-state index contributed by atoms with van der Waals surface area (Å²) in [6.45, 7) is 1.93. The molecular formula is C18H21ClN2O3. The van der Waals surface area contributed by atoms with E-state index < -0.39 is 17.6 Å². The molecule has 4 N–H and O–H groups in total. The van der Waals surface area contributed by atoms with E-state index in [1.807, 2.05) is 30.3 Å². The Balaban J connectivity index is 1.92. The van der Waals surface area contributed by atoms with Gasteiger partial charge in [-0.05, 0) is 36.8 Å². The summed E-state index contributed by atoms with van der Waals surface area (Å²) in [5, 5.41) is 13.7. The van der Waals surface area contributed by atoms with Crippen LogP contribution in [0.4, 0.5) is 0 Å². The molecule has 2 unspecified atom stereocenters. The number of hydrogen-bond donors (Lipinski definition) is 3. The lowest BCUT2D eigenvalue weighted by Crippen LogP contribution is -2.53. The molecule has 0 aliphatic carbocycles. The SMILES string of the molecule is CC(NCC(O)COc1ccc(Cl)cc1)(C(N)=O)c1ccccc1. The van der Waals surface area contributed by atoms with E-state index in [0.29, 0.717) is 10.8 Å². The Morgan fingerprint density at radius 3 is 2.46 bits per heavy atom. The minimum Gasteiger partial charge on any atom is -0.491 e. The molecule has 0 fully saturated rings. The second-order valence-electron chi connectivity index (χ2n) is 5.65. The summed E-state index contributed by atoms with van der Waals surface area (Å²) in [4.78, 5) is 11.9. The molecule has 2 rings (SSSR count). The molecule has 2 aromatic carbocycles. The summed E-state index contributed by atoms with van der Waals surface area (Å²) in [5.41, 5.74) is 5.21. The second-order valence-corrected chi connectivity index (χ2v) is 6.09. The van der Waals surface area contributed by atoms with E-state index in [1.165, 1.54) is 0 Å². The van der Waals surface area contributed by atoms with Crippen LogP contribution in [-0.4, -0.2) is 30.3 Å². The standard InChI is InChI=1S/C18H21ClN2O3/c1-18(17(20)23,13-5-3-2-4-6-13)21-11-15(22)12-24-16-9-7-14(19)8-10-16/h2-10,15,21-22H,11-12H2,1H3,(H2,20,23). The monoisotopic (exact) mass is 348 g/mol. The highest BCUT2D eigenvalue weighted by Crippen LogP contribution is 2.20. The minimum absolute atomic E-state index is 0.0816. The smallest absolute Gasteiger partial charge is 0.242 e. The van der Waals surface area contributed by atoms with E-state index in [9.17, 15) is 9.90 Å². The average Bonchev–Trinajstić information content (AvgIpc) is 2.59. The Bertz CT molecular complexity index is 664. The van der Waals surface area contributed by atoms with Gasteiger partial charge in [-0.25, -0.2) is 0 Å².